The molecule has 130 valence electrons. The van der Waals surface area contributed by atoms with Gasteiger partial charge in [0, 0.05) is 5.41 Å². The third-order valence-electron chi connectivity index (χ3n) is 5.41. The lowest BCUT2D eigenvalue weighted by molar-refractivity contribution is -0.298. The van der Waals surface area contributed by atoms with E-state index in [1.54, 1.807) is 13.8 Å². The largest absolute Gasteiger partial charge is 0.388 e. The minimum Gasteiger partial charge on any atom is -0.388 e. The van der Waals surface area contributed by atoms with E-state index in [0.717, 1.165) is 0 Å². The molecule has 23 heavy (non-hydrogen) atoms. The number of aliphatic hydroxyl groups excluding tert-OH is 1. The summed E-state index contributed by atoms with van der Waals surface area (Å²) >= 11 is 0. The van der Waals surface area contributed by atoms with Gasteiger partial charge in [-0.2, -0.15) is 0 Å². The highest BCUT2D eigenvalue weighted by molar-refractivity contribution is 5.39. The standard InChI is InChI=1S/C17H26O6/c1-14(2)7-20-17(21-8-14)6-9(10(18)12-16(17,5)23-12)11-13(22-11)15(3,4)19/h6,10-13,18-19H,7-8H2,1-5H3/t10-,11+,12+,13-,16+/m0/s1. The number of fused-ring (bicyclic) bond motifs is 2. The summed E-state index contributed by atoms with van der Waals surface area (Å²) in [4.78, 5) is 0. The highest BCUT2D eigenvalue weighted by atomic mass is 16.8. The number of hydrogen-bond acceptors (Lipinski definition) is 6. The quantitative estimate of drug-likeness (QED) is 0.575. The molecule has 1 spiro atoms. The van der Waals surface area contributed by atoms with E-state index in [-0.39, 0.29) is 23.7 Å². The number of ether oxygens (including phenoxy) is 4. The first kappa shape index (κ1) is 16.0. The molecule has 6 heteroatoms. The number of rotatable bonds is 2. The molecule has 4 aliphatic rings. The Kier molecular flexibility index (Phi) is 3.04. The first-order valence-corrected chi connectivity index (χ1v) is 8.23. The smallest absolute Gasteiger partial charge is 0.220 e. The van der Waals surface area contributed by atoms with Crippen molar-refractivity contribution in [1.29, 1.82) is 0 Å². The maximum Gasteiger partial charge on any atom is 0.220 e. The van der Waals surface area contributed by atoms with Gasteiger partial charge in [-0.25, -0.2) is 0 Å². The van der Waals surface area contributed by atoms with Crippen molar-refractivity contribution in [1.82, 2.24) is 0 Å². The number of hydrogen-bond donors (Lipinski definition) is 2. The number of aliphatic hydroxyl groups is 2. The Morgan fingerprint density at radius 2 is 1.78 bits per heavy atom. The summed E-state index contributed by atoms with van der Waals surface area (Å²) in [6, 6.07) is 0. The third kappa shape index (κ3) is 2.23. The summed E-state index contributed by atoms with van der Waals surface area (Å²) in [5, 5.41) is 20.7. The number of epoxide rings is 2. The Balaban J connectivity index is 1.64. The fraction of sp³-hybridized carbons (Fsp3) is 0.882. The van der Waals surface area contributed by atoms with Crippen molar-refractivity contribution in [2.75, 3.05) is 13.2 Å². The van der Waals surface area contributed by atoms with Gasteiger partial charge in [0.1, 0.15) is 24.4 Å². The predicted molar refractivity (Wildman–Crippen MR) is 80.7 cm³/mol. The fourth-order valence-corrected chi connectivity index (χ4v) is 3.71. The van der Waals surface area contributed by atoms with Gasteiger partial charge in [0.25, 0.3) is 0 Å². The molecule has 0 aromatic heterocycles. The average molecular weight is 326 g/mol. The van der Waals surface area contributed by atoms with Gasteiger partial charge in [0.05, 0.1) is 18.8 Å². The molecule has 5 atom stereocenters. The summed E-state index contributed by atoms with van der Waals surface area (Å²) in [7, 11) is 0. The summed E-state index contributed by atoms with van der Waals surface area (Å²) in [6.07, 6.45) is 0.0501. The van der Waals surface area contributed by atoms with Crippen LogP contribution in [0.15, 0.2) is 11.6 Å². The Morgan fingerprint density at radius 3 is 2.30 bits per heavy atom. The monoisotopic (exact) mass is 326 g/mol. The Morgan fingerprint density at radius 1 is 1.17 bits per heavy atom. The van der Waals surface area contributed by atoms with Gasteiger partial charge in [-0.1, -0.05) is 13.8 Å². The van der Waals surface area contributed by atoms with Crippen LogP contribution in [0.25, 0.3) is 0 Å². The van der Waals surface area contributed by atoms with Crippen molar-refractivity contribution in [3.05, 3.63) is 11.6 Å². The second-order valence-corrected chi connectivity index (χ2v) is 8.77. The fourth-order valence-electron chi connectivity index (χ4n) is 3.71. The Bertz CT molecular complexity index is 552. The van der Waals surface area contributed by atoms with E-state index in [0.29, 0.717) is 18.8 Å². The lowest BCUT2D eigenvalue weighted by Crippen LogP contribution is -2.58. The molecule has 1 aliphatic carbocycles. The van der Waals surface area contributed by atoms with Gasteiger partial charge < -0.3 is 29.2 Å². The molecule has 0 aromatic rings. The lowest BCUT2D eigenvalue weighted by Gasteiger charge is -2.46. The van der Waals surface area contributed by atoms with Crippen LogP contribution in [0.5, 0.6) is 0 Å². The average Bonchev–Trinajstić information content (AvgIpc) is 3.30. The summed E-state index contributed by atoms with van der Waals surface area (Å²) < 4.78 is 23.6. The van der Waals surface area contributed by atoms with Crippen molar-refractivity contribution in [3.63, 3.8) is 0 Å². The molecule has 0 amide bonds. The van der Waals surface area contributed by atoms with Gasteiger partial charge in [-0.05, 0) is 32.4 Å². The predicted octanol–water partition coefficient (Wildman–Crippen LogP) is 0.752. The molecule has 0 radical (unpaired) electrons. The second kappa shape index (κ2) is 4.36. The van der Waals surface area contributed by atoms with Crippen LogP contribution in [0.3, 0.4) is 0 Å². The molecule has 3 aliphatic heterocycles. The van der Waals surface area contributed by atoms with Gasteiger partial charge in [-0.15, -0.1) is 0 Å². The van der Waals surface area contributed by atoms with Crippen LogP contribution in [0.4, 0.5) is 0 Å². The third-order valence-corrected chi connectivity index (χ3v) is 5.41. The van der Waals surface area contributed by atoms with Crippen molar-refractivity contribution in [2.45, 2.75) is 76.0 Å². The van der Waals surface area contributed by atoms with E-state index in [9.17, 15) is 10.2 Å². The highest BCUT2D eigenvalue weighted by Crippen LogP contribution is 2.58. The molecule has 6 nitrogen and oxygen atoms in total. The first-order chi connectivity index (χ1) is 10.5. The maximum absolute atomic E-state index is 10.6. The van der Waals surface area contributed by atoms with Crippen molar-refractivity contribution >= 4 is 0 Å². The highest BCUT2D eigenvalue weighted by Gasteiger charge is 2.75. The van der Waals surface area contributed by atoms with Gasteiger partial charge in [0.2, 0.25) is 5.79 Å². The van der Waals surface area contributed by atoms with E-state index in [2.05, 4.69) is 13.8 Å². The van der Waals surface area contributed by atoms with E-state index in [1.807, 2.05) is 13.0 Å². The molecule has 2 N–H and O–H groups in total. The molecule has 3 fully saturated rings. The lowest BCUT2D eigenvalue weighted by atomic mass is 9.80. The molecule has 0 unspecified atom stereocenters. The summed E-state index contributed by atoms with van der Waals surface area (Å²) in [5.41, 5.74) is -0.996. The molecule has 3 saturated heterocycles. The molecular weight excluding hydrogens is 300 g/mol. The van der Waals surface area contributed by atoms with E-state index in [1.165, 1.54) is 0 Å². The first-order valence-electron chi connectivity index (χ1n) is 8.23. The van der Waals surface area contributed by atoms with Crippen LogP contribution >= 0.6 is 0 Å². The van der Waals surface area contributed by atoms with Crippen molar-refractivity contribution in [3.8, 4) is 0 Å². The van der Waals surface area contributed by atoms with Crippen LogP contribution in [-0.4, -0.2) is 64.8 Å². The van der Waals surface area contributed by atoms with Gasteiger partial charge in [0.15, 0.2) is 5.60 Å². The minimum atomic E-state index is -0.988. The molecule has 0 saturated carbocycles. The summed E-state index contributed by atoms with van der Waals surface area (Å²) in [5.74, 6) is -0.988. The molecule has 0 bridgehead atoms. The molecule has 3 heterocycles. The van der Waals surface area contributed by atoms with Crippen LogP contribution in [0.1, 0.15) is 34.6 Å². The SMILES string of the molecule is CC1(C)COC2(C=C([C@H]3O[C@@H]3C(C)(C)O)[C@H](O)[C@H]3O[C@]32C)OC1. The van der Waals surface area contributed by atoms with Gasteiger partial charge >= 0.3 is 0 Å². The molecule has 4 rings (SSSR count). The van der Waals surface area contributed by atoms with E-state index in [4.69, 9.17) is 18.9 Å². The molecular formula is C17H26O6. The normalized spacial score (nSPS) is 47.0. The zero-order valence-electron chi connectivity index (χ0n) is 14.3. The van der Waals surface area contributed by atoms with Crippen molar-refractivity contribution in [2.24, 2.45) is 5.41 Å². The van der Waals surface area contributed by atoms with Crippen LogP contribution < -0.4 is 0 Å². The zero-order valence-corrected chi connectivity index (χ0v) is 14.3. The zero-order chi connectivity index (χ0) is 16.8. The minimum absolute atomic E-state index is 0.0538. The van der Waals surface area contributed by atoms with E-state index < -0.39 is 23.1 Å². The maximum atomic E-state index is 10.6. The van der Waals surface area contributed by atoms with E-state index >= 15 is 0 Å². The van der Waals surface area contributed by atoms with Crippen LogP contribution in [-0.2, 0) is 18.9 Å². The molecule has 0 aromatic carbocycles. The van der Waals surface area contributed by atoms with Crippen molar-refractivity contribution < 1.29 is 29.2 Å². The van der Waals surface area contributed by atoms with Gasteiger partial charge in [-0.3, -0.25) is 0 Å². The van der Waals surface area contributed by atoms with Crippen LogP contribution in [0, 0.1) is 5.41 Å². The Labute approximate surface area is 136 Å². The summed E-state index contributed by atoms with van der Waals surface area (Å²) in [6.45, 7) is 10.6. The topological polar surface area (TPSA) is 84.0 Å². The van der Waals surface area contributed by atoms with Crippen LogP contribution in [0.2, 0.25) is 0 Å². The Hall–Kier alpha value is -0.500. The second-order valence-electron chi connectivity index (χ2n) is 8.77.